The molecule has 1 saturated heterocycles. The fourth-order valence-corrected chi connectivity index (χ4v) is 2.42. The van der Waals surface area contributed by atoms with Gasteiger partial charge in [-0.25, -0.2) is 0 Å². The highest BCUT2D eigenvalue weighted by molar-refractivity contribution is 6.01. The van der Waals surface area contributed by atoms with Gasteiger partial charge in [-0.05, 0) is 33.6 Å². The maximum atomic E-state index is 12.6. The number of methoxy groups -OCH3 is 1. The molecule has 1 aliphatic rings. The molecule has 1 fully saturated rings. The van der Waals surface area contributed by atoms with Crippen LogP contribution in [0.4, 0.5) is 0 Å². The van der Waals surface area contributed by atoms with Gasteiger partial charge < -0.3 is 19.7 Å². The SMILES string of the molecule is CCC1(C)C(=O)NC(C)(C)C(=O)N1CCOCCCOC. The van der Waals surface area contributed by atoms with Crippen molar-refractivity contribution in [3.05, 3.63) is 0 Å². The van der Waals surface area contributed by atoms with Crippen molar-refractivity contribution in [3.8, 4) is 0 Å². The van der Waals surface area contributed by atoms with Crippen LogP contribution in [-0.2, 0) is 19.1 Å². The second-order valence-electron chi connectivity index (χ2n) is 6.12. The quantitative estimate of drug-likeness (QED) is 0.678. The second kappa shape index (κ2) is 7.22. The lowest BCUT2D eigenvalue weighted by molar-refractivity contribution is -0.162. The summed E-state index contributed by atoms with van der Waals surface area (Å²) in [5.74, 6) is -0.166. The van der Waals surface area contributed by atoms with Crippen molar-refractivity contribution in [2.45, 2.75) is 51.6 Å². The largest absolute Gasteiger partial charge is 0.385 e. The highest BCUT2D eigenvalue weighted by atomic mass is 16.5. The van der Waals surface area contributed by atoms with E-state index in [1.807, 2.05) is 6.92 Å². The lowest BCUT2D eigenvalue weighted by Gasteiger charge is -2.48. The van der Waals surface area contributed by atoms with E-state index in [1.165, 1.54) is 0 Å². The van der Waals surface area contributed by atoms with E-state index in [2.05, 4.69) is 5.32 Å². The Morgan fingerprint density at radius 3 is 2.38 bits per heavy atom. The molecule has 0 aliphatic carbocycles. The minimum Gasteiger partial charge on any atom is -0.385 e. The molecule has 1 aliphatic heterocycles. The molecule has 1 heterocycles. The zero-order chi connectivity index (χ0) is 16.1. The first-order chi connectivity index (χ1) is 9.79. The molecule has 0 saturated carbocycles. The van der Waals surface area contributed by atoms with E-state index >= 15 is 0 Å². The monoisotopic (exact) mass is 300 g/mol. The average molecular weight is 300 g/mol. The number of carbonyl (C=O) groups is 2. The molecule has 1 atom stereocenters. The predicted octanol–water partition coefficient (Wildman–Crippen LogP) is 0.945. The molecule has 21 heavy (non-hydrogen) atoms. The predicted molar refractivity (Wildman–Crippen MR) is 79.9 cm³/mol. The zero-order valence-electron chi connectivity index (χ0n) is 13.8. The first kappa shape index (κ1) is 17.9. The van der Waals surface area contributed by atoms with Gasteiger partial charge >= 0.3 is 0 Å². The van der Waals surface area contributed by atoms with E-state index in [0.717, 1.165) is 6.42 Å². The number of piperazine rings is 1. The Bertz CT molecular complexity index is 384. The molecule has 0 aromatic rings. The summed E-state index contributed by atoms with van der Waals surface area (Å²) in [5, 5.41) is 2.81. The summed E-state index contributed by atoms with van der Waals surface area (Å²) in [6.45, 7) is 9.28. The van der Waals surface area contributed by atoms with Gasteiger partial charge in [0.05, 0.1) is 6.61 Å². The number of hydrogen-bond donors (Lipinski definition) is 1. The molecular formula is C15H28N2O4. The van der Waals surface area contributed by atoms with Crippen LogP contribution in [0.15, 0.2) is 0 Å². The third kappa shape index (κ3) is 3.95. The van der Waals surface area contributed by atoms with Crippen LogP contribution in [0.5, 0.6) is 0 Å². The molecule has 6 heteroatoms. The van der Waals surface area contributed by atoms with Crippen LogP contribution >= 0.6 is 0 Å². The number of nitrogens with one attached hydrogen (secondary N) is 1. The summed E-state index contributed by atoms with van der Waals surface area (Å²) in [5.41, 5.74) is -1.66. The van der Waals surface area contributed by atoms with Crippen molar-refractivity contribution in [3.63, 3.8) is 0 Å². The van der Waals surface area contributed by atoms with E-state index < -0.39 is 11.1 Å². The summed E-state index contributed by atoms with van der Waals surface area (Å²) in [6.07, 6.45) is 1.39. The highest BCUT2D eigenvalue weighted by Crippen LogP contribution is 2.28. The Morgan fingerprint density at radius 1 is 1.14 bits per heavy atom. The number of ether oxygens (including phenoxy) is 2. The molecule has 0 aromatic carbocycles. The number of rotatable bonds is 8. The fraction of sp³-hybridized carbons (Fsp3) is 0.867. The molecule has 0 spiro atoms. The Morgan fingerprint density at radius 2 is 1.81 bits per heavy atom. The van der Waals surface area contributed by atoms with Gasteiger partial charge in [-0.2, -0.15) is 0 Å². The van der Waals surface area contributed by atoms with Crippen molar-refractivity contribution in [2.75, 3.05) is 33.5 Å². The molecule has 2 amide bonds. The summed E-state index contributed by atoms with van der Waals surface area (Å²) in [7, 11) is 1.65. The maximum Gasteiger partial charge on any atom is 0.248 e. The van der Waals surface area contributed by atoms with Gasteiger partial charge in [0.15, 0.2) is 0 Å². The van der Waals surface area contributed by atoms with Gasteiger partial charge in [0.25, 0.3) is 0 Å². The first-order valence-electron chi connectivity index (χ1n) is 7.51. The number of amides is 2. The van der Waals surface area contributed by atoms with E-state index in [9.17, 15) is 9.59 Å². The molecule has 0 bridgehead atoms. The standard InChI is InChI=1S/C15H28N2O4/c1-6-15(4)12(18)16-14(2,3)13(19)17(15)8-11-21-10-7-9-20-5/h6-11H2,1-5H3,(H,16,18). The van der Waals surface area contributed by atoms with Gasteiger partial charge in [0, 0.05) is 26.9 Å². The Hall–Kier alpha value is -1.14. The van der Waals surface area contributed by atoms with Crippen LogP contribution in [0.2, 0.25) is 0 Å². The zero-order valence-corrected chi connectivity index (χ0v) is 13.8. The normalized spacial score (nSPS) is 25.1. The van der Waals surface area contributed by atoms with Crippen molar-refractivity contribution >= 4 is 11.8 Å². The van der Waals surface area contributed by atoms with Crippen LogP contribution in [0.3, 0.4) is 0 Å². The van der Waals surface area contributed by atoms with Crippen LogP contribution in [0, 0.1) is 0 Å². The Balaban J connectivity index is 2.65. The molecule has 6 nitrogen and oxygen atoms in total. The third-order valence-corrected chi connectivity index (χ3v) is 4.08. The molecule has 1 N–H and O–H groups in total. The highest BCUT2D eigenvalue weighted by Gasteiger charge is 2.51. The summed E-state index contributed by atoms with van der Waals surface area (Å²) >= 11 is 0. The number of nitrogens with zero attached hydrogens (tertiary/aromatic N) is 1. The molecule has 1 rings (SSSR count). The van der Waals surface area contributed by atoms with Gasteiger partial charge in [-0.1, -0.05) is 6.92 Å². The first-order valence-corrected chi connectivity index (χ1v) is 7.51. The Labute approximate surface area is 127 Å². The average Bonchev–Trinajstić information content (AvgIpc) is 2.43. The van der Waals surface area contributed by atoms with E-state index in [4.69, 9.17) is 9.47 Å². The van der Waals surface area contributed by atoms with Crippen LogP contribution < -0.4 is 5.32 Å². The molecule has 0 aromatic heterocycles. The second-order valence-corrected chi connectivity index (χ2v) is 6.12. The Kier molecular flexibility index (Phi) is 6.16. The van der Waals surface area contributed by atoms with Crippen molar-refractivity contribution in [1.82, 2.24) is 10.2 Å². The van der Waals surface area contributed by atoms with Gasteiger partial charge in [0.2, 0.25) is 11.8 Å². The maximum absolute atomic E-state index is 12.6. The summed E-state index contributed by atoms with van der Waals surface area (Å²) in [6, 6.07) is 0. The molecule has 122 valence electrons. The van der Waals surface area contributed by atoms with E-state index in [0.29, 0.717) is 32.8 Å². The number of carbonyl (C=O) groups excluding carboxylic acids is 2. The van der Waals surface area contributed by atoms with Crippen LogP contribution in [0.1, 0.15) is 40.5 Å². The molecular weight excluding hydrogens is 272 g/mol. The number of hydrogen-bond acceptors (Lipinski definition) is 4. The third-order valence-electron chi connectivity index (χ3n) is 4.08. The molecule has 0 radical (unpaired) electrons. The fourth-order valence-electron chi connectivity index (χ4n) is 2.42. The lowest BCUT2D eigenvalue weighted by atomic mass is 9.86. The van der Waals surface area contributed by atoms with Crippen molar-refractivity contribution in [1.29, 1.82) is 0 Å². The van der Waals surface area contributed by atoms with Gasteiger partial charge in [0.1, 0.15) is 11.1 Å². The van der Waals surface area contributed by atoms with Crippen LogP contribution in [-0.4, -0.2) is 61.3 Å². The minimum absolute atomic E-state index is 0.0630. The summed E-state index contributed by atoms with van der Waals surface area (Å²) in [4.78, 5) is 26.6. The van der Waals surface area contributed by atoms with E-state index in [-0.39, 0.29) is 11.8 Å². The lowest BCUT2D eigenvalue weighted by Crippen LogP contribution is -2.73. The van der Waals surface area contributed by atoms with Crippen molar-refractivity contribution in [2.24, 2.45) is 0 Å². The van der Waals surface area contributed by atoms with E-state index in [1.54, 1.807) is 32.8 Å². The minimum atomic E-state index is -0.859. The van der Waals surface area contributed by atoms with Crippen molar-refractivity contribution < 1.29 is 19.1 Å². The van der Waals surface area contributed by atoms with Gasteiger partial charge in [-0.3, -0.25) is 9.59 Å². The van der Waals surface area contributed by atoms with Gasteiger partial charge in [-0.15, -0.1) is 0 Å². The molecule has 1 unspecified atom stereocenters. The van der Waals surface area contributed by atoms with Crippen LogP contribution in [0.25, 0.3) is 0 Å². The smallest absolute Gasteiger partial charge is 0.248 e. The topological polar surface area (TPSA) is 67.9 Å². The summed E-state index contributed by atoms with van der Waals surface area (Å²) < 4.78 is 10.5.